The molecule has 0 saturated carbocycles. The van der Waals surface area contributed by atoms with Crippen molar-refractivity contribution in [1.29, 1.82) is 0 Å². The molecule has 3 amide bonds. The molecule has 2 heterocycles. The number of rotatable bonds is 7. The second-order valence-corrected chi connectivity index (χ2v) is 8.39. The van der Waals surface area contributed by atoms with E-state index in [1.165, 1.54) is 11.3 Å². The quantitative estimate of drug-likeness (QED) is 0.577. The van der Waals surface area contributed by atoms with Gasteiger partial charge in [-0.2, -0.15) is 0 Å². The zero-order valence-corrected chi connectivity index (χ0v) is 18.3. The van der Waals surface area contributed by atoms with Crippen LogP contribution in [0.15, 0.2) is 66.0 Å². The molecule has 0 spiro atoms. The van der Waals surface area contributed by atoms with Crippen LogP contribution in [0.1, 0.15) is 43.1 Å². The van der Waals surface area contributed by atoms with Crippen LogP contribution in [0, 0.1) is 0 Å². The lowest BCUT2D eigenvalue weighted by atomic mass is 9.81. The molecule has 0 bridgehead atoms. The first-order valence-electron chi connectivity index (χ1n) is 10.1. The Kier molecular flexibility index (Phi) is 6.34. The van der Waals surface area contributed by atoms with Gasteiger partial charge in [-0.25, -0.2) is 0 Å². The van der Waals surface area contributed by atoms with Crippen molar-refractivity contribution in [3.05, 3.63) is 87.6 Å². The number of nitrogens with zero attached hydrogens (tertiary/aromatic N) is 1. The van der Waals surface area contributed by atoms with E-state index < -0.39 is 17.9 Å². The Bertz CT molecular complexity index is 1150. The standard InChI is InChI=1S/C24H23N3O4S/c1-31-13-12-27-21(19-11-6-14-32-19)20(15-7-2-3-8-16(15)24(27)30)23(29)26-18-10-5-4-9-17(18)22(25)28/h2-11,14,20-21H,12-13H2,1H3,(H2,25,28)(H,26,29). The maximum Gasteiger partial charge on any atom is 0.254 e. The Balaban J connectivity index is 1.81. The van der Waals surface area contributed by atoms with E-state index in [1.807, 2.05) is 29.6 Å². The van der Waals surface area contributed by atoms with E-state index in [1.54, 1.807) is 48.4 Å². The van der Waals surface area contributed by atoms with Gasteiger partial charge in [0.2, 0.25) is 5.91 Å². The van der Waals surface area contributed by atoms with Gasteiger partial charge >= 0.3 is 0 Å². The van der Waals surface area contributed by atoms with E-state index in [2.05, 4.69) is 5.32 Å². The summed E-state index contributed by atoms with van der Waals surface area (Å²) in [5.74, 6) is -1.77. The Labute approximate surface area is 189 Å². The SMILES string of the molecule is COCCN1C(=O)c2ccccc2C(C(=O)Nc2ccccc2C(N)=O)C1c1cccs1. The summed E-state index contributed by atoms with van der Waals surface area (Å²) in [6.07, 6.45) is 0. The Hall–Kier alpha value is -3.49. The predicted octanol–water partition coefficient (Wildman–Crippen LogP) is 3.41. The van der Waals surface area contributed by atoms with E-state index in [4.69, 9.17) is 10.5 Å². The van der Waals surface area contributed by atoms with Gasteiger partial charge in [0.25, 0.3) is 11.8 Å². The molecular formula is C24H23N3O4S. The Morgan fingerprint density at radius 1 is 1.09 bits per heavy atom. The number of thiophene rings is 1. The number of amides is 3. The number of anilines is 1. The van der Waals surface area contributed by atoms with Gasteiger partial charge < -0.3 is 20.7 Å². The zero-order valence-electron chi connectivity index (χ0n) is 17.5. The average Bonchev–Trinajstić information content (AvgIpc) is 3.33. The minimum absolute atomic E-state index is 0.141. The maximum absolute atomic E-state index is 13.7. The number of benzene rings is 2. The molecule has 1 aliphatic rings. The van der Waals surface area contributed by atoms with Gasteiger partial charge in [0, 0.05) is 24.1 Å². The van der Waals surface area contributed by atoms with Crippen LogP contribution >= 0.6 is 11.3 Å². The first-order valence-corrected chi connectivity index (χ1v) is 11.0. The highest BCUT2D eigenvalue weighted by Gasteiger charge is 2.44. The van der Waals surface area contributed by atoms with Crippen molar-refractivity contribution in [3.8, 4) is 0 Å². The van der Waals surface area contributed by atoms with Crippen molar-refractivity contribution in [1.82, 2.24) is 4.90 Å². The molecule has 8 heteroatoms. The van der Waals surface area contributed by atoms with Gasteiger partial charge in [0.05, 0.1) is 29.8 Å². The van der Waals surface area contributed by atoms with E-state index in [9.17, 15) is 14.4 Å². The lowest BCUT2D eigenvalue weighted by molar-refractivity contribution is -0.119. The van der Waals surface area contributed by atoms with Crippen LogP contribution in [-0.2, 0) is 9.53 Å². The average molecular weight is 450 g/mol. The number of hydrogen-bond acceptors (Lipinski definition) is 5. The Morgan fingerprint density at radius 3 is 2.56 bits per heavy atom. The van der Waals surface area contributed by atoms with E-state index in [0.29, 0.717) is 30.0 Å². The molecule has 32 heavy (non-hydrogen) atoms. The molecule has 3 aromatic rings. The smallest absolute Gasteiger partial charge is 0.254 e. The molecule has 1 aromatic heterocycles. The number of para-hydroxylation sites is 1. The van der Waals surface area contributed by atoms with Crippen LogP contribution in [0.5, 0.6) is 0 Å². The summed E-state index contributed by atoms with van der Waals surface area (Å²) in [6.45, 7) is 0.683. The van der Waals surface area contributed by atoms with Gasteiger partial charge in [0.15, 0.2) is 0 Å². The number of hydrogen-bond donors (Lipinski definition) is 2. The van der Waals surface area contributed by atoms with Crippen molar-refractivity contribution in [3.63, 3.8) is 0 Å². The van der Waals surface area contributed by atoms with Gasteiger partial charge in [-0.05, 0) is 35.2 Å². The molecule has 0 saturated heterocycles. The van der Waals surface area contributed by atoms with Crippen molar-refractivity contribution in [2.45, 2.75) is 12.0 Å². The largest absolute Gasteiger partial charge is 0.383 e. The summed E-state index contributed by atoms with van der Waals surface area (Å²) in [6, 6.07) is 17.1. The number of nitrogens with two attached hydrogens (primary N) is 1. The molecule has 7 nitrogen and oxygen atoms in total. The van der Waals surface area contributed by atoms with Crippen LogP contribution in [0.2, 0.25) is 0 Å². The first kappa shape index (κ1) is 21.7. The third kappa shape index (κ3) is 4.02. The predicted molar refractivity (Wildman–Crippen MR) is 123 cm³/mol. The summed E-state index contributed by atoms with van der Waals surface area (Å²) in [7, 11) is 1.58. The van der Waals surface area contributed by atoms with Gasteiger partial charge in [-0.3, -0.25) is 14.4 Å². The van der Waals surface area contributed by atoms with Crippen molar-refractivity contribution in [2.24, 2.45) is 5.73 Å². The number of carbonyl (C=O) groups excluding carboxylic acids is 3. The fraction of sp³-hybridized carbons (Fsp3) is 0.208. The van der Waals surface area contributed by atoms with Crippen molar-refractivity contribution < 1.29 is 19.1 Å². The maximum atomic E-state index is 13.7. The fourth-order valence-corrected chi connectivity index (χ4v) is 4.98. The molecular weight excluding hydrogens is 426 g/mol. The molecule has 0 aliphatic carbocycles. The van der Waals surface area contributed by atoms with Crippen molar-refractivity contribution >= 4 is 34.7 Å². The summed E-state index contributed by atoms with van der Waals surface area (Å²) in [4.78, 5) is 41.5. The lowest BCUT2D eigenvalue weighted by Gasteiger charge is -2.41. The van der Waals surface area contributed by atoms with Crippen LogP contribution in [-0.4, -0.2) is 42.9 Å². The van der Waals surface area contributed by atoms with Gasteiger partial charge in [-0.1, -0.05) is 36.4 Å². The summed E-state index contributed by atoms with van der Waals surface area (Å²) in [5.41, 5.74) is 7.19. The monoisotopic (exact) mass is 449 g/mol. The number of methoxy groups -OCH3 is 1. The zero-order chi connectivity index (χ0) is 22.7. The minimum Gasteiger partial charge on any atom is -0.383 e. The fourth-order valence-electron chi connectivity index (χ4n) is 4.10. The molecule has 3 N–H and O–H groups in total. The van der Waals surface area contributed by atoms with Gasteiger partial charge in [-0.15, -0.1) is 11.3 Å². The van der Waals surface area contributed by atoms with Gasteiger partial charge in [0.1, 0.15) is 0 Å². The summed E-state index contributed by atoms with van der Waals surface area (Å²) >= 11 is 1.49. The highest BCUT2D eigenvalue weighted by molar-refractivity contribution is 7.10. The molecule has 164 valence electrons. The third-order valence-corrected chi connectivity index (χ3v) is 6.49. The number of ether oxygens (including phenoxy) is 1. The third-order valence-electron chi connectivity index (χ3n) is 5.54. The highest BCUT2D eigenvalue weighted by Crippen LogP contribution is 2.44. The number of primary amides is 1. The molecule has 0 fully saturated rings. The topological polar surface area (TPSA) is 102 Å². The van der Waals surface area contributed by atoms with Crippen LogP contribution in [0.4, 0.5) is 5.69 Å². The Morgan fingerprint density at radius 2 is 1.84 bits per heavy atom. The molecule has 2 atom stereocenters. The summed E-state index contributed by atoms with van der Waals surface area (Å²) < 4.78 is 5.24. The minimum atomic E-state index is -0.680. The molecule has 0 radical (unpaired) electrons. The second-order valence-electron chi connectivity index (χ2n) is 7.42. The molecule has 1 aliphatic heterocycles. The normalized spacial score (nSPS) is 17.7. The lowest BCUT2D eigenvalue weighted by Crippen LogP contribution is -2.47. The van der Waals surface area contributed by atoms with E-state index >= 15 is 0 Å². The number of nitrogens with one attached hydrogen (secondary N) is 1. The van der Waals surface area contributed by atoms with Crippen LogP contribution < -0.4 is 11.1 Å². The number of carbonyl (C=O) groups is 3. The molecule has 2 unspecified atom stereocenters. The van der Waals surface area contributed by atoms with E-state index in [-0.39, 0.29) is 17.4 Å². The summed E-state index contributed by atoms with van der Waals surface area (Å²) in [5, 5.41) is 4.80. The van der Waals surface area contributed by atoms with Crippen LogP contribution in [0.25, 0.3) is 0 Å². The molecule has 2 aromatic carbocycles. The van der Waals surface area contributed by atoms with Crippen LogP contribution in [0.3, 0.4) is 0 Å². The first-order chi connectivity index (χ1) is 15.5. The van der Waals surface area contributed by atoms with Crippen molar-refractivity contribution in [2.75, 3.05) is 25.6 Å². The molecule has 4 rings (SSSR count). The highest BCUT2D eigenvalue weighted by atomic mass is 32.1. The number of fused-ring (bicyclic) bond motifs is 1. The van der Waals surface area contributed by atoms with E-state index in [0.717, 1.165) is 4.88 Å². The second kappa shape index (κ2) is 9.33.